The fraction of sp³-hybridized carbons (Fsp3) is 0.300. The van der Waals surface area contributed by atoms with Crippen LogP contribution in [0.3, 0.4) is 0 Å². The first-order chi connectivity index (χ1) is 13.2. The van der Waals surface area contributed by atoms with Gasteiger partial charge < -0.3 is 14.8 Å². The van der Waals surface area contributed by atoms with E-state index in [2.05, 4.69) is 5.32 Å². The van der Waals surface area contributed by atoms with Gasteiger partial charge in [-0.25, -0.2) is 4.79 Å². The molecule has 1 fully saturated rings. The van der Waals surface area contributed by atoms with Gasteiger partial charge in [0.05, 0.1) is 16.8 Å². The number of thioether (sulfide) groups is 2. The van der Waals surface area contributed by atoms with Gasteiger partial charge in [0.15, 0.2) is 6.61 Å². The van der Waals surface area contributed by atoms with Crippen molar-refractivity contribution < 1.29 is 19.1 Å². The van der Waals surface area contributed by atoms with Crippen LogP contribution in [0.4, 0.5) is 5.69 Å². The average molecular weight is 404 g/mol. The van der Waals surface area contributed by atoms with Crippen molar-refractivity contribution in [2.45, 2.75) is 11.5 Å². The molecule has 1 amide bonds. The topological polar surface area (TPSA) is 64.6 Å². The van der Waals surface area contributed by atoms with Crippen molar-refractivity contribution in [2.24, 2.45) is 0 Å². The number of rotatable bonds is 7. The molecule has 0 bridgehead atoms. The van der Waals surface area contributed by atoms with Gasteiger partial charge in [0.2, 0.25) is 0 Å². The highest BCUT2D eigenvalue weighted by molar-refractivity contribution is 8.19. The molecular formula is C20H21NO4S2. The number of anilines is 1. The molecule has 0 saturated carbocycles. The van der Waals surface area contributed by atoms with E-state index >= 15 is 0 Å². The van der Waals surface area contributed by atoms with Crippen molar-refractivity contribution in [3.8, 4) is 5.75 Å². The van der Waals surface area contributed by atoms with Gasteiger partial charge in [0, 0.05) is 22.8 Å². The van der Waals surface area contributed by atoms with Crippen LogP contribution < -0.4 is 10.1 Å². The quantitative estimate of drug-likeness (QED) is 0.693. The number of hydrogen-bond acceptors (Lipinski definition) is 6. The molecule has 0 aromatic heterocycles. The molecule has 2 aromatic rings. The molecule has 142 valence electrons. The van der Waals surface area contributed by atoms with Gasteiger partial charge in [-0.15, -0.1) is 23.5 Å². The second kappa shape index (κ2) is 9.71. The Bertz CT molecular complexity index is 806. The van der Waals surface area contributed by atoms with Crippen LogP contribution in [0.25, 0.3) is 0 Å². The normalized spacial score (nSPS) is 14.0. The number of hydrogen-bond donors (Lipinski definition) is 1. The molecule has 0 unspecified atom stereocenters. The molecule has 1 heterocycles. The molecule has 1 aliphatic heterocycles. The Hall–Kier alpha value is -2.12. The van der Waals surface area contributed by atoms with Crippen LogP contribution in [0.1, 0.15) is 27.4 Å². The van der Waals surface area contributed by atoms with Gasteiger partial charge in [0.25, 0.3) is 5.91 Å². The van der Waals surface area contributed by atoms with Crippen molar-refractivity contribution >= 4 is 41.1 Å². The van der Waals surface area contributed by atoms with Crippen LogP contribution >= 0.6 is 23.5 Å². The number of para-hydroxylation sites is 1. The molecule has 2 aromatic carbocycles. The Morgan fingerprint density at radius 1 is 1.11 bits per heavy atom. The zero-order valence-electron chi connectivity index (χ0n) is 15.0. The highest BCUT2D eigenvalue weighted by Crippen LogP contribution is 2.48. The summed E-state index contributed by atoms with van der Waals surface area (Å²) >= 11 is 3.79. The highest BCUT2D eigenvalue weighted by Gasteiger charge is 2.22. The predicted octanol–water partition coefficient (Wildman–Crippen LogP) is 4.36. The van der Waals surface area contributed by atoms with E-state index in [1.54, 1.807) is 31.2 Å². The number of ether oxygens (including phenoxy) is 2. The van der Waals surface area contributed by atoms with E-state index in [-0.39, 0.29) is 12.5 Å². The minimum absolute atomic E-state index is 0.0945. The minimum atomic E-state index is -0.412. The predicted molar refractivity (Wildman–Crippen MR) is 111 cm³/mol. The monoisotopic (exact) mass is 403 g/mol. The van der Waals surface area contributed by atoms with Gasteiger partial charge in [-0.05, 0) is 31.2 Å². The fourth-order valence-corrected chi connectivity index (χ4v) is 5.53. The van der Waals surface area contributed by atoms with E-state index in [0.29, 0.717) is 22.4 Å². The number of carbonyl (C=O) groups is 2. The highest BCUT2D eigenvalue weighted by atomic mass is 32.2. The minimum Gasteiger partial charge on any atom is -0.483 e. The second-order valence-electron chi connectivity index (χ2n) is 5.75. The third-order valence-electron chi connectivity index (χ3n) is 3.81. The lowest BCUT2D eigenvalue weighted by atomic mass is 10.2. The van der Waals surface area contributed by atoms with Crippen LogP contribution in [0, 0.1) is 0 Å². The van der Waals surface area contributed by atoms with Gasteiger partial charge in [0.1, 0.15) is 5.75 Å². The van der Waals surface area contributed by atoms with E-state index in [4.69, 9.17) is 9.47 Å². The van der Waals surface area contributed by atoms with Crippen molar-refractivity contribution in [1.29, 1.82) is 0 Å². The fourth-order valence-electron chi connectivity index (χ4n) is 2.62. The molecule has 27 heavy (non-hydrogen) atoms. The molecule has 3 rings (SSSR count). The van der Waals surface area contributed by atoms with E-state index in [0.717, 1.165) is 22.8 Å². The first kappa shape index (κ1) is 19.6. The summed E-state index contributed by atoms with van der Waals surface area (Å²) in [5.74, 6) is 2.30. The average Bonchev–Trinajstić information content (AvgIpc) is 3.22. The van der Waals surface area contributed by atoms with E-state index < -0.39 is 5.97 Å². The summed E-state index contributed by atoms with van der Waals surface area (Å²) in [7, 11) is 0. The molecule has 0 atom stereocenters. The molecule has 1 aliphatic rings. The zero-order valence-corrected chi connectivity index (χ0v) is 16.6. The molecule has 1 N–H and O–H groups in total. The maximum absolute atomic E-state index is 12.3. The van der Waals surface area contributed by atoms with E-state index in [1.165, 1.54) is 0 Å². The van der Waals surface area contributed by atoms with Crippen LogP contribution in [-0.4, -0.2) is 36.6 Å². The number of amides is 1. The standard InChI is InChI=1S/C20H21NO4S2/c1-2-24-19(23)14-6-5-7-15(12-14)21-18(22)13-25-17-9-4-3-8-16(17)20-26-10-11-27-20/h3-9,12,20H,2,10-11,13H2,1H3,(H,21,22). The first-order valence-corrected chi connectivity index (χ1v) is 10.8. The summed E-state index contributed by atoms with van der Waals surface area (Å²) < 4.78 is 11.1. The van der Waals surface area contributed by atoms with Crippen molar-refractivity contribution in [3.63, 3.8) is 0 Å². The second-order valence-corrected chi connectivity index (χ2v) is 8.47. The molecule has 0 spiro atoms. The summed E-state index contributed by atoms with van der Waals surface area (Å²) in [6, 6.07) is 14.5. The summed E-state index contributed by atoms with van der Waals surface area (Å²) in [5, 5.41) is 2.76. The number of benzene rings is 2. The maximum Gasteiger partial charge on any atom is 0.338 e. The molecule has 0 radical (unpaired) electrons. The summed E-state index contributed by atoms with van der Waals surface area (Å²) in [6.07, 6.45) is 0. The van der Waals surface area contributed by atoms with E-state index in [9.17, 15) is 9.59 Å². The number of esters is 1. The van der Waals surface area contributed by atoms with Crippen LogP contribution in [-0.2, 0) is 9.53 Å². The van der Waals surface area contributed by atoms with E-state index in [1.807, 2.05) is 47.8 Å². The Morgan fingerprint density at radius 2 is 1.89 bits per heavy atom. The van der Waals surface area contributed by atoms with Gasteiger partial charge in [-0.1, -0.05) is 24.3 Å². The Labute approximate surface area is 167 Å². The van der Waals surface area contributed by atoms with Crippen molar-refractivity contribution in [3.05, 3.63) is 59.7 Å². The molecular weight excluding hydrogens is 382 g/mol. The molecule has 0 aliphatic carbocycles. The molecule has 5 nitrogen and oxygen atoms in total. The first-order valence-electron chi connectivity index (χ1n) is 8.69. The van der Waals surface area contributed by atoms with Crippen LogP contribution in [0.5, 0.6) is 5.75 Å². The third kappa shape index (κ3) is 5.43. The van der Waals surface area contributed by atoms with Gasteiger partial charge in [-0.2, -0.15) is 0 Å². The zero-order chi connectivity index (χ0) is 19.1. The summed E-state index contributed by atoms with van der Waals surface area (Å²) in [4.78, 5) is 24.1. The molecule has 1 saturated heterocycles. The van der Waals surface area contributed by atoms with Crippen molar-refractivity contribution in [2.75, 3.05) is 30.0 Å². The smallest absolute Gasteiger partial charge is 0.338 e. The lowest BCUT2D eigenvalue weighted by Gasteiger charge is -2.15. The number of carbonyl (C=O) groups excluding carboxylic acids is 2. The lowest BCUT2D eigenvalue weighted by molar-refractivity contribution is -0.118. The Morgan fingerprint density at radius 3 is 2.67 bits per heavy atom. The van der Waals surface area contributed by atoms with Crippen LogP contribution in [0.2, 0.25) is 0 Å². The summed E-state index contributed by atoms with van der Waals surface area (Å²) in [5.41, 5.74) is 2.04. The maximum atomic E-state index is 12.3. The van der Waals surface area contributed by atoms with Crippen molar-refractivity contribution in [1.82, 2.24) is 0 Å². The Kier molecular flexibility index (Phi) is 7.06. The Balaban J connectivity index is 1.59. The SMILES string of the molecule is CCOC(=O)c1cccc(NC(=O)COc2ccccc2C2SCCS2)c1. The van der Waals surface area contributed by atoms with Gasteiger partial charge >= 0.3 is 5.97 Å². The molecule has 7 heteroatoms. The van der Waals surface area contributed by atoms with Gasteiger partial charge in [-0.3, -0.25) is 4.79 Å². The summed E-state index contributed by atoms with van der Waals surface area (Å²) in [6.45, 7) is 1.96. The van der Waals surface area contributed by atoms with Crippen LogP contribution in [0.15, 0.2) is 48.5 Å². The lowest BCUT2D eigenvalue weighted by Crippen LogP contribution is -2.20. The largest absolute Gasteiger partial charge is 0.483 e. The third-order valence-corrected chi connectivity index (χ3v) is 6.88. The number of nitrogens with one attached hydrogen (secondary N) is 1.